The molecule has 0 aromatic heterocycles. The predicted molar refractivity (Wildman–Crippen MR) is 79.4 cm³/mol. The minimum atomic E-state index is -0.745. The maximum atomic E-state index is 11.9. The van der Waals surface area contributed by atoms with Gasteiger partial charge in [0.1, 0.15) is 5.54 Å². The molecule has 1 aliphatic heterocycles. The Balaban J connectivity index is 1.88. The van der Waals surface area contributed by atoms with E-state index in [9.17, 15) is 4.79 Å². The molecule has 2 N–H and O–H groups in total. The lowest BCUT2D eigenvalue weighted by Gasteiger charge is -2.39. The lowest BCUT2D eigenvalue weighted by Crippen LogP contribution is -2.54. The molecule has 2 rings (SSSR count). The van der Waals surface area contributed by atoms with Gasteiger partial charge in [0.15, 0.2) is 0 Å². The van der Waals surface area contributed by atoms with Gasteiger partial charge in [0.2, 0.25) is 0 Å². The summed E-state index contributed by atoms with van der Waals surface area (Å²) in [5.74, 6) is 0.0354. The molecule has 3 unspecified atom stereocenters. The van der Waals surface area contributed by atoms with E-state index in [-0.39, 0.29) is 11.9 Å². The monoisotopic (exact) mass is 283 g/mol. The van der Waals surface area contributed by atoms with Gasteiger partial charge in [-0.2, -0.15) is 0 Å². The van der Waals surface area contributed by atoms with Crippen LogP contribution in [0.5, 0.6) is 0 Å². The van der Waals surface area contributed by atoms with Crippen LogP contribution in [-0.2, 0) is 9.53 Å². The molecule has 0 amide bonds. The Morgan fingerprint density at radius 1 is 1.45 bits per heavy atom. The molecule has 20 heavy (non-hydrogen) atoms. The van der Waals surface area contributed by atoms with Gasteiger partial charge in [0.25, 0.3) is 0 Å². The topological polar surface area (TPSA) is 58.8 Å². The summed E-state index contributed by atoms with van der Waals surface area (Å²) in [6.45, 7) is 6.67. The van der Waals surface area contributed by atoms with Gasteiger partial charge in [-0.25, -0.2) is 0 Å². The standard InChI is InChI=1S/C15H29N3O2/c1-12-11-17(2)9-10-18(12)8-6-13-5-4-7-15(13,16)14(19)20-3/h12-13H,4-11,16H2,1-3H3. The molecule has 5 heteroatoms. The smallest absolute Gasteiger partial charge is 0.326 e. The summed E-state index contributed by atoms with van der Waals surface area (Å²) in [5.41, 5.74) is 5.58. The van der Waals surface area contributed by atoms with Gasteiger partial charge in [-0.05, 0) is 45.7 Å². The molecule has 116 valence electrons. The third kappa shape index (κ3) is 3.15. The van der Waals surface area contributed by atoms with E-state index in [0.29, 0.717) is 6.04 Å². The summed E-state index contributed by atoms with van der Waals surface area (Å²) < 4.78 is 4.91. The number of nitrogens with zero attached hydrogens (tertiary/aromatic N) is 2. The summed E-state index contributed by atoms with van der Waals surface area (Å²) in [7, 11) is 3.61. The average molecular weight is 283 g/mol. The summed E-state index contributed by atoms with van der Waals surface area (Å²) in [4.78, 5) is 16.8. The lowest BCUT2D eigenvalue weighted by atomic mass is 9.85. The lowest BCUT2D eigenvalue weighted by molar-refractivity contribution is -0.148. The minimum absolute atomic E-state index is 0.230. The molecule has 5 nitrogen and oxygen atoms in total. The number of likely N-dealkylation sites (N-methyl/N-ethyl adjacent to an activating group) is 1. The van der Waals surface area contributed by atoms with Crippen molar-refractivity contribution < 1.29 is 9.53 Å². The normalized spacial score (nSPS) is 36.2. The molecule has 3 atom stereocenters. The van der Waals surface area contributed by atoms with E-state index in [1.165, 1.54) is 7.11 Å². The largest absolute Gasteiger partial charge is 0.468 e. The van der Waals surface area contributed by atoms with Crippen LogP contribution in [0.2, 0.25) is 0 Å². The number of hydrogen-bond donors (Lipinski definition) is 1. The molecule has 0 aromatic carbocycles. The van der Waals surface area contributed by atoms with Crippen LogP contribution in [0, 0.1) is 5.92 Å². The van der Waals surface area contributed by atoms with Crippen LogP contribution in [0.3, 0.4) is 0 Å². The first-order valence-corrected chi connectivity index (χ1v) is 7.77. The van der Waals surface area contributed by atoms with Crippen molar-refractivity contribution in [2.75, 3.05) is 40.3 Å². The maximum absolute atomic E-state index is 11.9. The summed E-state index contributed by atoms with van der Waals surface area (Å²) in [5, 5.41) is 0. The molecule has 2 fully saturated rings. The minimum Gasteiger partial charge on any atom is -0.468 e. The Hall–Kier alpha value is -0.650. The van der Waals surface area contributed by atoms with Crippen LogP contribution < -0.4 is 5.73 Å². The average Bonchev–Trinajstić information content (AvgIpc) is 2.79. The van der Waals surface area contributed by atoms with Crippen LogP contribution in [0.25, 0.3) is 0 Å². The molecule has 0 spiro atoms. The van der Waals surface area contributed by atoms with E-state index >= 15 is 0 Å². The van der Waals surface area contributed by atoms with Gasteiger partial charge in [-0.15, -0.1) is 0 Å². The van der Waals surface area contributed by atoms with E-state index in [2.05, 4.69) is 23.8 Å². The number of carbonyl (C=O) groups excluding carboxylic acids is 1. The van der Waals surface area contributed by atoms with Crippen molar-refractivity contribution in [3.63, 3.8) is 0 Å². The van der Waals surface area contributed by atoms with Gasteiger partial charge >= 0.3 is 5.97 Å². The van der Waals surface area contributed by atoms with Crippen molar-refractivity contribution in [3.05, 3.63) is 0 Å². The zero-order chi connectivity index (χ0) is 14.8. The molecule has 1 aliphatic carbocycles. The number of esters is 1. The SMILES string of the molecule is COC(=O)C1(N)CCCC1CCN1CCN(C)CC1C. The molecule has 1 saturated heterocycles. The van der Waals surface area contributed by atoms with E-state index < -0.39 is 5.54 Å². The van der Waals surface area contributed by atoms with E-state index in [1.807, 2.05) is 0 Å². The fourth-order valence-electron chi connectivity index (χ4n) is 3.79. The second-order valence-electron chi connectivity index (χ2n) is 6.56. The molecular formula is C15H29N3O2. The zero-order valence-corrected chi connectivity index (χ0v) is 13.1. The van der Waals surface area contributed by atoms with Crippen molar-refractivity contribution in [1.82, 2.24) is 9.80 Å². The highest BCUT2D eigenvalue weighted by Crippen LogP contribution is 2.37. The van der Waals surface area contributed by atoms with Crippen LogP contribution in [0.4, 0.5) is 0 Å². The quantitative estimate of drug-likeness (QED) is 0.769. The molecule has 0 aromatic rings. The second kappa shape index (κ2) is 6.41. The van der Waals surface area contributed by atoms with Crippen molar-refractivity contribution in [2.24, 2.45) is 11.7 Å². The fourth-order valence-corrected chi connectivity index (χ4v) is 3.79. The summed E-state index contributed by atoms with van der Waals surface area (Å²) in [6, 6.07) is 0.584. The van der Waals surface area contributed by atoms with Crippen LogP contribution in [-0.4, -0.2) is 67.7 Å². The molecule has 1 saturated carbocycles. The first kappa shape index (κ1) is 15.7. The number of rotatable bonds is 4. The molecule has 0 radical (unpaired) electrons. The molecule has 0 bridgehead atoms. The van der Waals surface area contributed by atoms with Gasteiger partial charge in [-0.1, -0.05) is 6.42 Å². The third-order valence-corrected chi connectivity index (χ3v) is 5.17. The van der Waals surface area contributed by atoms with E-state index in [0.717, 1.165) is 51.9 Å². The number of piperazine rings is 1. The molecule has 1 heterocycles. The molecular weight excluding hydrogens is 254 g/mol. The van der Waals surface area contributed by atoms with Crippen molar-refractivity contribution in [1.29, 1.82) is 0 Å². The number of carbonyl (C=O) groups is 1. The number of ether oxygens (including phenoxy) is 1. The van der Waals surface area contributed by atoms with Crippen LogP contribution >= 0.6 is 0 Å². The second-order valence-corrected chi connectivity index (χ2v) is 6.56. The van der Waals surface area contributed by atoms with Gasteiger partial charge < -0.3 is 15.4 Å². The third-order valence-electron chi connectivity index (χ3n) is 5.17. The Bertz CT molecular complexity index is 350. The highest BCUT2D eigenvalue weighted by molar-refractivity contribution is 5.81. The maximum Gasteiger partial charge on any atom is 0.326 e. The summed E-state index contributed by atoms with van der Waals surface area (Å²) >= 11 is 0. The van der Waals surface area contributed by atoms with Crippen molar-refractivity contribution in [2.45, 2.75) is 44.2 Å². The number of nitrogens with two attached hydrogens (primary N) is 1. The first-order chi connectivity index (χ1) is 9.47. The Morgan fingerprint density at radius 2 is 2.20 bits per heavy atom. The highest BCUT2D eigenvalue weighted by Gasteiger charge is 2.46. The van der Waals surface area contributed by atoms with E-state index in [1.54, 1.807) is 0 Å². The molecule has 2 aliphatic rings. The predicted octanol–water partition coefficient (Wildman–Crippen LogP) is 0.683. The van der Waals surface area contributed by atoms with Gasteiger partial charge in [0, 0.05) is 25.7 Å². The van der Waals surface area contributed by atoms with Crippen molar-refractivity contribution >= 4 is 5.97 Å². The Morgan fingerprint density at radius 3 is 2.85 bits per heavy atom. The van der Waals surface area contributed by atoms with Crippen LogP contribution in [0.1, 0.15) is 32.6 Å². The number of hydrogen-bond acceptors (Lipinski definition) is 5. The first-order valence-electron chi connectivity index (χ1n) is 7.77. The van der Waals surface area contributed by atoms with E-state index in [4.69, 9.17) is 10.5 Å². The highest BCUT2D eigenvalue weighted by atomic mass is 16.5. The van der Waals surface area contributed by atoms with Gasteiger partial charge in [0.05, 0.1) is 7.11 Å². The van der Waals surface area contributed by atoms with Crippen LogP contribution in [0.15, 0.2) is 0 Å². The van der Waals surface area contributed by atoms with Gasteiger partial charge in [-0.3, -0.25) is 9.69 Å². The Labute approximate surface area is 122 Å². The fraction of sp³-hybridized carbons (Fsp3) is 0.933. The Kier molecular flexibility index (Phi) is 5.04. The van der Waals surface area contributed by atoms with Crippen molar-refractivity contribution in [3.8, 4) is 0 Å². The zero-order valence-electron chi connectivity index (χ0n) is 13.1. The summed E-state index contributed by atoms with van der Waals surface area (Å²) in [6.07, 6.45) is 3.85. The number of methoxy groups -OCH3 is 1.